The Kier molecular flexibility index (Phi) is 2.72. The van der Waals surface area contributed by atoms with Gasteiger partial charge in [0.05, 0.1) is 0 Å². The zero-order chi connectivity index (χ0) is 4.41. The molecule has 0 amide bonds. The molecule has 0 aliphatic carbocycles. The van der Waals surface area contributed by atoms with Crippen molar-refractivity contribution in [2.75, 3.05) is 0 Å². The van der Waals surface area contributed by atoms with Crippen LogP contribution in [0.5, 0.6) is 0 Å². The Morgan fingerprint density at radius 2 is 2.29 bits per heavy atom. The Bertz CT molecular complexity index is 113. The summed E-state index contributed by atoms with van der Waals surface area (Å²) < 4.78 is 1.75. The van der Waals surface area contributed by atoms with Crippen LogP contribution in [0, 0.1) is 0 Å². The summed E-state index contributed by atoms with van der Waals surface area (Å²) in [5.74, 6) is 0. The van der Waals surface area contributed by atoms with E-state index in [1.54, 1.807) is 10.9 Å². The van der Waals surface area contributed by atoms with Crippen LogP contribution in [0.15, 0.2) is 18.5 Å². The van der Waals surface area contributed by atoms with Gasteiger partial charge in [-0.3, -0.25) is 4.68 Å². The van der Waals surface area contributed by atoms with E-state index in [0.29, 0.717) is 0 Å². The van der Waals surface area contributed by atoms with Crippen LogP contribution >= 0.6 is 0 Å². The first-order valence-corrected chi connectivity index (χ1v) is 1.83. The molecular formula is C4H6FeN2. The molecule has 0 unspecified atom stereocenters. The van der Waals surface area contributed by atoms with Gasteiger partial charge < -0.3 is 0 Å². The van der Waals surface area contributed by atoms with Crippen LogP contribution in [-0.4, -0.2) is 9.78 Å². The molecule has 7 heavy (non-hydrogen) atoms. The normalized spacial score (nSPS) is 7.57. The minimum absolute atomic E-state index is 0. The Labute approximate surface area is 53.0 Å². The van der Waals surface area contributed by atoms with Gasteiger partial charge in [0.25, 0.3) is 0 Å². The van der Waals surface area contributed by atoms with Gasteiger partial charge in [0.2, 0.25) is 0 Å². The van der Waals surface area contributed by atoms with Crippen molar-refractivity contribution >= 4 is 0 Å². The van der Waals surface area contributed by atoms with Crippen LogP contribution in [0.4, 0.5) is 0 Å². The Hall–Kier alpha value is -0.271. The summed E-state index contributed by atoms with van der Waals surface area (Å²) in [5, 5.41) is 3.83. The quantitative estimate of drug-likeness (QED) is 0.475. The number of rotatable bonds is 0. The van der Waals surface area contributed by atoms with Crippen LogP contribution in [0.3, 0.4) is 0 Å². The van der Waals surface area contributed by atoms with E-state index in [1.165, 1.54) is 0 Å². The third-order valence-corrected chi connectivity index (χ3v) is 0.637. The van der Waals surface area contributed by atoms with E-state index in [2.05, 4.69) is 5.10 Å². The second-order valence-electron chi connectivity index (χ2n) is 1.18. The summed E-state index contributed by atoms with van der Waals surface area (Å²) >= 11 is 0. The number of aryl methyl sites for hydroxylation is 1. The molecule has 0 bridgehead atoms. The van der Waals surface area contributed by atoms with Crippen molar-refractivity contribution < 1.29 is 17.1 Å². The molecule has 0 saturated carbocycles. The fourth-order valence-electron chi connectivity index (χ4n) is 0.345. The maximum Gasteiger partial charge on any atom is 0.0489 e. The molecule has 1 heterocycles. The third-order valence-electron chi connectivity index (χ3n) is 0.637. The zero-order valence-electron chi connectivity index (χ0n) is 3.98. The monoisotopic (exact) mass is 138 g/mol. The molecule has 3 heteroatoms. The summed E-state index contributed by atoms with van der Waals surface area (Å²) in [4.78, 5) is 0. The topological polar surface area (TPSA) is 17.8 Å². The predicted octanol–water partition coefficient (Wildman–Crippen LogP) is 0.418. The zero-order valence-corrected chi connectivity index (χ0v) is 5.08. The maximum absolute atomic E-state index is 3.83. The van der Waals surface area contributed by atoms with Gasteiger partial charge in [-0.15, -0.1) is 0 Å². The first-order chi connectivity index (χ1) is 2.89. The standard InChI is InChI=1S/C4H6N2.Fe/c1-6-4-2-3-5-6;/h2-4H,1H3;. The number of aromatic nitrogens is 2. The summed E-state index contributed by atoms with van der Waals surface area (Å²) in [5.41, 5.74) is 0. The molecule has 0 atom stereocenters. The summed E-state index contributed by atoms with van der Waals surface area (Å²) in [6, 6.07) is 1.89. The average molecular weight is 138 g/mol. The SMILES string of the molecule is Cn1cccn1.[Fe]. The van der Waals surface area contributed by atoms with Crippen LogP contribution in [0.1, 0.15) is 0 Å². The number of hydrogen-bond donors (Lipinski definition) is 0. The summed E-state index contributed by atoms with van der Waals surface area (Å²) in [6.07, 6.45) is 3.64. The minimum atomic E-state index is 0. The van der Waals surface area contributed by atoms with Crippen LogP contribution in [-0.2, 0) is 24.1 Å². The molecule has 0 N–H and O–H groups in total. The van der Waals surface area contributed by atoms with Crippen molar-refractivity contribution in [3.8, 4) is 0 Å². The summed E-state index contributed by atoms with van der Waals surface area (Å²) in [6.45, 7) is 0. The van der Waals surface area contributed by atoms with Crippen molar-refractivity contribution in [3.05, 3.63) is 18.5 Å². The second kappa shape index (κ2) is 2.83. The second-order valence-corrected chi connectivity index (χ2v) is 1.18. The molecule has 1 aromatic rings. The first kappa shape index (κ1) is 6.73. The van der Waals surface area contributed by atoms with Gasteiger partial charge in [-0.1, -0.05) is 0 Å². The Balaban J connectivity index is 0.000000360. The predicted molar refractivity (Wildman–Crippen MR) is 23.2 cm³/mol. The largest absolute Gasteiger partial charge is 0.276 e. The van der Waals surface area contributed by atoms with Crippen molar-refractivity contribution in [1.82, 2.24) is 9.78 Å². The van der Waals surface area contributed by atoms with Gasteiger partial charge in [0, 0.05) is 36.5 Å². The van der Waals surface area contributed by atoms with E-state index in [4.69, 9.17) is 0 Å². The van der Waals surface area contributed by atoms with Crippen molar-refractivity contribution in [2.45, 2.75) is 0 Å². The van der Waals surface area contributed by atoms with Crippen molar-refractivity contribution in [1.29, 1.82) is 0 Å². The maximum atomic E-state index is 3.83. The molecule has 0 fully saturated rings. The first-order valence-electron chi connectivity index (χ1n) is 1.83. The molecule has 1 rings (SSSR count). The Morgan fingerprint density at radius 3 is 2.43 bits per heavy atom. The smallest absolute Gasteiger partial charge is 0.0489 e. The van der Waals surface area contributed by atoms with E-state index < -0.39 is 0 Å². The van der Waals surface area contributed by atoms with Gasteiger partial charge in [-0.05, 0) is 6.07 Å². The number of hydrogen-bond acceptors (Lipinski definition) is 1. The molecule has 0 aliphatic rings. The van der Waals surface area contributed by atoms with E-state index in [-0.39, 0.29) is 17.1 Å². The van der Waals surface area contributed by atoms with Gasteiger partial charge in [0.15, 0.2) is 0 Å². The Morgan fingerprint density at radius 1 is 1.57 bits per heavy atom. The van der Waals surface area contributed by atoms with Crippen LogP contribution in [0.25, 0.3) is 0 Å². The van der Waals surface area contributed by atoms with E-state index in [0.717, 1.165) is 0 Å². The summed E-state index contributed by atoms with van der Waals surface area (Å²) in [7, 11) is 1.89. The van der Waals surface area contributed by atoms with Gasteiger partial charge in [0.1, 0.15) is 0 Å². The van der Waals surface area contributed by atoms with Crippen LogP contribution < -0.4 is 0 Å². The van der Waals surface area contributed by atoms with Crippen molar-refractivity contribution in [3.63, 3.8) is 0 Å². The molecule has 1 aromatic heterocycles. The van der Waals surface area contributed by atoms with Crippen molar-refractivity contribution in [2.24, 2.45) is 7.05 Å². The van der Waals surface area contributed by atoms with E-state index >= 15 is 0 Å². The molecule has 0 spiro atoms. The van der Waals surface area contributed by atoms with Crippen LogP contribution in [0.2, 0.25) is 0 Å². The van der Waals surface area contributed by atoms with Gasteiger partial charge in [-0.25, -0.2) is 0 Å². The fourth-order valence-corrected chi connectivity index (χ4v) is 0.345. The van der Waals surface area contributed by atoms with E-state index in [9.17, 15) is 0 Å². The number of nitrogens with zero attached hydrogens (tertiary/aromatic N) is 2. The van der Waals surface area contributed by atoms with Gasteiger partial charge in [-0.2, -0.15) is 5.10 Å². The fraction of sp³-hybridized carbons (Fsp3) is 0.250. The molecule has 2 nitrogen and oxygen atoms in total. The molecule has 40 valence electrons. The molecule has 0 radical (unpaired) electrons. The third kappa shape index (κ3) is 1.76. The molecular weight excluding hydrogens is 132 g/mol. The van der Waals surface area contributed by atoms with E-state index in [1.807, 2.05) is 19.3 Å². The molecule has 0 aliphatic heterocycles. The molecule has 0 aromatic carbocycles. The average Bonchev–Trinajstić information content (AvgIpc) is 1.86. The molecule has 0 saturated heterocycles. The van der Waals surface area contributed by atoms with Gasteiger partial charge >= 0.3 is 0 Å². The minimum Gasteiger partial charge on any atom is -0.276 e.